The van der Waals surface area contributed by atoms with Crippen molar-refractivity contribution in [3.05, 3.63) is 52.7 Å². The van der Waals surface area contributed by atoms with E-state index in [1.54, 1.807) is 11.3 Å². The van der Waals surface area contributed by atoms with Crippen molar-refractivity contribution in [2.24, 2.45) is 0 Å². The Balaban J connectivity index is 1.33. The largest absolute Gasteiger partial charge is 0.494 e. The van der Waals surface area contributed by atoms with E-state index in [9.17, 15) is 9.59 Å². The Morgan fingerprint density at radius 3 is 2.27 bits per heavy atom. The fourth-order valence-electron chi connectivity index (χ4n) is 2.97. The Bertz CT molecular complexity index is 695. The number of carbonyl (C=O) groups is 2. The van der Waals surface area contributed by atoms with Gasteiger partial charge in [0.1, 0.15) is 5.75 Å². The average molecular weight is 372 g/mol. The first-order valence-electron chi connectivity index (χ1n) is 8.98. The molecule has 0 N–H and O–H groups in total. The molecular weight excluding hydrogens is 348 g/mol. The van der Waals surface area contributed by atoms with E-state index in [2.05, 4.69) is 0 Å². The Morgan fingerprint density at radius 1 is 0.923 bits per heavy atom. The Morgan fingerprint density at radius 2 is 1.62 bits per heavy atom. The lowest BCUT2D eigenvalue weighted by Crippen LogP contribution is -2.50. The predicted octanol–water partition coefficient (Wildman–Crippen LogP) is 2.82. The van der Waals surface area contributed by atoms with Crippen LogP contribution in [0.4, 0.5) is 0 Å². The highest BCUT2D eigenvalue weighted by atomic mass is 32.1. The van der Waals surface area contributed by atoms with Crippen molar-refractivity contribution >= 4 is 23.2 Å². The molecule has 1 aromatic heterocycles. The lowest BCUT2D eigenvalue weighted by molar-refractivity contribution is -0.139. The number of hydrogen-bond donors (Lipinski definition) is 0. The molecule has 138 valence electrons. The molecule has 26 heavy (non-hydrogen) atoms. The summed E-state index contributed by atoms with van der Waals surface area (Å²) in [5.41, 5.74) is 0. The van der Waals surface area contributed by atoms with E-state index in [4.69, 9.17) is 4.74 Å². The van der Waals surface area contributed by atoms with Crippen molar-refractivity contribution in [3.63, 3.8) is 0 Å². The minimum Gasteiger partial charge on any atom is -0.494 e. The summed E-state index contributed by atoms with van der Waals surface area (Å²) in [6.45, 7) is 3.02. The van der Waals surface area contributed by atoms with Gasteiger partial charge in [0.05, 0.1) is 13.0 Å². The minimum absolute atomic E-state index is 0.145. The first-order valence-corrected chi connectivity index (χ1v) is 9.86. The second-order valence-electron chi connectivity index (χ2n) is 6.28. The number of piperazine rings is 1. The van der Waals surface area contributed by atoms with Gasteiger partial charge < -0.3 is 14.5 Å². The zero-order valence-corrected chi connectivity index (χ0v) is 15.6. The van der Waals surface area contributed by atoms with Gasteiger partial charge in [-0.3, -0.25) is 9.59 Å². The second kappa shape index (κ2) is 9.38. The molecule has 2 aromatic rings. The van der Waals surface area contributed by atoms with Crippen LogP contribution in [-0.4, -0.2) is 54.4 Å². The van der Waals surface area contributed by atoms with E-state index < -0.39 is 0 Å². The van der Waals surface area contributed by atoms with Gasteiger partial charge in [-0.15, -0.1) is 11.3 Å². The molecular formula is C20H24N2O3S. The summed E-state index contributed by atoms with van der Waals surface area (Å²) in [5, 5.41) is 1.99. The molecule has 1 saturated heterocycles. The molecule has 1 aliphatic heterocycles. The van der Waals surface area contributed by atoms with Gasteiger partial charge in [0, 0.05) is 37.5 Å². The maximum absolute atomic E-state index is 12.3. The standard InChI is InChI=1S/C20H24N2O3S/c23-19(9-4-14-25-17-6-2-1-3-7-17)21-10-12-22(13-11-21)20(24)16-18-8-5-15-26-18/h1-3,5-8,15H,4,9-14,16H2. The summed E-state index contributed by atoms with van der Waals surface area (Å²) in [7, 11) is 0. The molecule has 0 radical (unpaired) electrons. The van der Waals surface area contributed by atoms with Crippen molar-refractivity contribution < 1.29 is 14.3 Å². The highest BCUT2D eigenvalue weighted by Gasteiger charge is 2.23. The molecule has 1 fully saturated rings. The molecule has 0 saturated carbocycles. The van der Waals surface area contributed by atoms with Crippen LogP contribution in [-0.2, 0) is 16.0 Å². The Labute approximate surface area is 158 Å². The van der Waals surface area contributed by atoms with Crippen LogP contribution in [0.1, 0.15) is 17.7 Å². The van der Waals surface area contributed by atoms with Gasteiger partial charge >= 0.3 is 0 Å². The smallest absolute Gasteiger partial charge is 0.227 e. The number of benzene rings is 1. The first-order chi connectivity index (χ1) is 12.7. The molecule has 2 amide bonds. The van der Waals surface area contributed by atoms with E-state index in [1.807, 2.05) is 57.6 Å². The summed E-state index contributed by atoms with van der Waals surface area (Å²) >= 11 is 1.61. The van der Waals surface area contributed by atoms with Crippen LogP contribution in [0, 0.1) is 0 Å². The summed E-state index contributed by atoms with van der Waals surface area (Å²) in [4.78, 5) is 29.4. The molecule has 0 unspecified atom stereocenters. The van der Waals surface area contributed by atoms with Crippen LogP contribution in [0.3, 0.4) is 0 Å². The monoisotopic (exact) mass is 372 g/mol. The van der Waals surface area contributed by atoms with Gasteiger partial charge in [0.25, 0.3) is 0 Å². The molecule has 0 spiro atoms. The SMILES string of the molecule is O=C(CCCOc1ccccc1)N1CCN(C(=O)Cc2cccs2)CC1. The summed E-state index contributed by atoms with van der Waals surface area (Å²) in [6.07, 6.45) is 1.64. The van der Waals surface area contributed by atoms with Crippen molar-refractivity contribution in [1.82, 2.24) is 9.80 Å². The quantitative estimate of drug-likeness (QED) is 0.702. The lowest BCUT2D eigenvalue weighted by Gasteiger charge is -2.34. The highest BCUT2D eigenvalue weighted by molar-refractivity contribution is 7.10. The minimum atomic E-state index is 0.145. The molecule has 0 aliphatic carbocycles. The van der Waals surface area contributed by atoms with Crippen molar-refractivity contribution in [3.8, 4) is 5.75 Å². The number of para-hydroxylation sites is 1. The molecule has 5 nitrogen and oxygen atoms in total. The second-order valence-corrected chi connectivity index (χ2v) is 7.32. The fourth-order valence-corrected chi connectivity index (χ4v) is 3.66. The first kappa shape index (κ1) is 18.5. The number of hydrogen-bond acceptors (Lipinski definition) is 4. The van der Waals surface area contributed by atoms with Crippen LogP contribution in [0.15, 0.2) is 47.8 Å². The van der Waals surface area contributed by atoms with Crippen molar-refractivity contribution in [1.29, 1.82) is 0 Å². The maximum Gasteiger partial charge on any atom is 0.227 e. The van der Waals surface area contributed by atoms with Gasteiger partial charge in [-0.25, -0.2) is 0 Å². The van der Waals surface area contributed by atoms with Crippen molar-refractivity contribution in [2.45, 2.75) is 19.3 Å². The van der Waals surface area contributed by atoms with Crippen LogP contribution >= 0.6 is 11.3 Å². The Kier molecular flexibility index (Phi) is 6.66. The maximum atomic E-state index is 12.3. The van der Waals surface area contributed by atoms with Gasteiger partial charge in [-0.2, -0.15) is 0 Å². The predicted molar refractivity (Wildman–Crippen MR) is 102 cm³/mol. The number of rotatable bonds is 7. The lowest BCUT2D eigenvalue weighted by atomic mass is 10.2. The van der Waals surface area contributed by atoms with E-state index in [-0.39, 0.29) is 11.8 Å². The molecule has 2 heterocycles. The van der Waals surface area contributed by atoms with Gasteiger partial charge in [0.15, 0.2) is 0 Å². The molecule has 0 bridgehead atoms. The van der Waals surface area contributed by atoms with E-state index in [0.717, 1.165) is 10.6 Å². The van der Waals surface area contributed by atoms with Gasteiger partial charge in [-0.1, -0.05) is 24.3 Å². The van der Waals surface area contributed by atoms with Crippen LogP contribution in [0.2, 0.25) is 0 Å². The number of amides is 2. The normalized spacial score (nSPS) is 14.3. The van der Waals surface area contributed by atoms with Gasteiger partial charge in [0.2, 0.25) is 11.8 Å². The van der Waals surface area contributed by atoms with E-state index in [1.165, 1.54) is 0 Å². The number of ether oxygens (including phenoxy) is 1. The third kappa shape index (κ3) is 5.33. The molecule has 1 aromatic carbocycles. The van der Waals surface area contributed by atoms with Crippen LogP contribution < -0.4 is 4.74 Å². The molecule has 6 heteroatoms. The average Bonchev–Trinajstić information content (AvgIpc) is 3.19. The number of nitrogens with zero attached hydrogens (tertiary/aromatic N) is 2. The van der Waals surface area contributed by atoms with Crippen molar-refractivity contribution in [2.75, 3.05) is 32.8 Å². The third-order valence-corrected chi connectivity index (χ3v) is 5.31. The number of carbonyl (C=O) groups excluding carboxylic acids is 2. The summed E-state index contributed by atoms with van der Waals surface area (Å²) in [5.74, 6) is 1.13. The Hall–Kier alpha value is -2.34. The summed E-state index contributed by atoms with van der Waals surface area (Å²) in [6, 6.07) is 13.6. The zero-order chi connectivity index (χ0) is 18.2. The zero-order valence-electron chi connectivity index (χ0n) is 14.8. The number of thiophene rings is 1. The third-order valence-electron chi connectivity index (χ3n) is 4.44. The van der Waals surface area contributed by atoms with Crippen LogP contribution in [0.5, 0.6) is 5.75 Å². The van der Waals surface area contributed by atoms with Crippen LogP contribution in [0.25, 0.3) is 0 Å². The molecule has 3 rings (SSSR count). The van der Waals surface area contributed by atoms with E-state index >= 15 is 0 Å². The highest BCUT2D eigenvalue weighted by Crippen LogP contribution is 2.13. The molecule has 1 aliphatic rings. The van der Waals surface area contributed by atoms with E-state index in [0.29, 0.717) is 52.0 Å². The molecule has 0 atom stereocenters. The summed E-state index contributed by atoms with van der Waals surface area (Å²) < 4.78 is 5.62. The topological polar surface area (TPSA) is 49.9 Å². The van der Waals surface area contributed by atoms with Gasteiger partial charge in [-0.05, 0) is 30.0 Å². The fraction of sp³-hybridized carbons (Fsp3) is 0.400.